The lowest BCUT2D eigenvalue weighted by molar-refractivity contribution is -0.194. The molecule has 0 radical (unpaired) electrons. The number of anilines is 1. The van der Waals surface area contributed by atoms with Crippen LogP contribution in [0.15, 0.2) is 41.5 Å². The van der Waals surface area contributed by atoms with Crippen molar-refractivity contribution in [3.63, 3.8) is 0 Å². The minimum absolute atomic E-state index is 0.00610. The summed E-state index contributed by atoms with van der Waals surface area (Å²) in [7, 11) is 0. The number of carbonyl (C=O) groups excluding carboxylic acids is 1. The second kappa shape index (κ2) is 6.89. The van der Waals surface area contributed by atoms with Gasteiger partial charge in [0.2, 0.25) is 6.79 Å². The van der Waals surface area contributed by atoms with E-state index in [1.807, 2.05) is 0 Å². The van der Waals surface area contributed by atoms with Gasteiger partial charge in [0.15, 0.2) is 17.0 Å². The maximum Gasteiger partial charge on any atom is 0.473 e. The van der Waals surface area contributed by atoms with Gasteiger partial charge in [-0.1, -0.05) is 12.1 Å². The minimum Gasteiger partial charge on any atom is -0.479 e. The molecule has 3 N–H and O–H groups in total. The number of benzene rings is 2. The molecule has 0 fully saturated rings. The fraction of sp³-hybridized carbons (Fsp3) is 0.250. The number of ether oxygens (including phenoxy) is 2. The van der Waals surface area contributed by atoms with Gasteiger partial charge in [-0.2, -0.15) is 18.3 Å². The monoisotopic (exact) mass is 435 g/mol. The molecule has 0 saturated carbocycles. The predicted octanol–water partition coefficient (Wildman–Crippen LogP) is 2.54. The maximum absolute atomic E-state index is 13.4. The first-order chi connectivity index (χ1) is 14.5. The van der Waals surface area contributed by atoms with Gasteiger partial charge in [-0.3, -0.25) is 4.79 Å². The quantitative estimate of drug-likeness (QED) is 0.701. The Hall–Kier alpha value is -3.76. The number of nitrogens with zero attached hydrogens (tertiary/aromatic N) is 2. The molecule has 0 saturated heterocycles. The van der Waals surface area contributed by atoms with Gasteiger partial charge in [-0.15, -0.1) is 0 Å². The molecule has 0 spiro atoms. The van der Waals surface area contributed by atoms with Crippen LogP contribution in [-0.4, -0.2) is 46.2 Å². The third kappa shape index (κ3) is 3.41. The number of nitrogens with two attached hydrogens (primary N) is 1. The third-order valence-corrected chi connectivity index (χ3v) is 5.14. The van der Waals surface area contributed by atoms with Gasteiger partial charge in [0, 0.05) is 23.2 Å². The highest BCUT2D eigenvalue weighted by molar-refractivity contribution is 6.15. The number of carbonyl (C=O) groups is 2. The van der Waals surface area contributed by atoms with Gasteiger partial charge in [-0.05, 0) is 36.8 Å². The Morgan fingerprint density at radius 1 is 1.16 bits per heavy atom. The van der Waals surface area contributed by atoms with E-state index in [9.17, 15) is 27.9 Å². The van der Waals surface area contributed by atoms with E-state index in [2.05, 4.69) is 5.10 Å². The smallest absolute Gasteiger partial charge is 0.473 e. The van der Waals surface area contributed by atoms with Gasteiger partial charge in [-0.25, -0.2) is 9.80 Å². The van der Waals surface area contributed by atoms with Crippen molar-refractivity contribution >= 4 is 23.3 Å². The Labute approximate surface area is 173 Å². The van der Waals surface area contributed by atoms with Crippen molar-refractivity contribution in [1.82, 2.24) is 5.01 Å². The summed E-state index contributed by atoms with van der Waals surface area (Å²) in [6, 6.07) is 9.07. The fourth-order valence-electron chi connectivity index (χ4n) is 3.47. The van der Waals surface area contributed by atoms with Crippen molar-refractivity contribution in [2.75, 3.05) is 12.5 Å². The fourth-order valence-corrected chi connectivity index (χ4v) is 3.47. The van der Waals surface area contributed by atoms with Crippen LogP contribution in [-0.2, 0) is 16.0 Å². The second-order valence-electron chi connectivity index (χ2n) is 7.30. The molecule has 1 atom stereocenters. The van der Waals surface area contributed by atoms with Crippen LogP contribution in [0.1, 0.15) is 23.6 Å². The molecule has 1 unspecified atom stereocenters. The van der Waals surface area contributed by atoms with Gasteiger partial charge >= 0.3 is 18.1 Å². The molecular weight excluding hydrogens is 419 g/mol. The average molecular weight is 435 g/mol. The zero-order valence-electron chi connectivity index (χ0n) is 16.1. The van der Waals surface area contributed by atoms with Crippen LogP contribution in [0.4, 0.5) is 18.9 Å². The first-order valence-corrected chi connectivity index (χ1v) is 9.03. The molecule has 0 aliphatic carbocycles. The van der Waals surface area contributed by atoms with E-state index < -0.39 is 30.0 Å². The number of carboxylic acids is 1. The number of alkyl halides is 3. The number of halogens is 3. The van der Waals surface area contributed by atoms with Crippen molar-refractivity contribution < 1.29 is 37.3 Å². The van der Waals surface area contributed by atoms with E-state index in [0.29, 0.717) is 33.9 Å². The molecule has 1 amide bonds. The molecule has 2 heterocycles. The average Bonchev–Trinajstić information content (AvgIpc) is 3.10. The topological polar surface area (TPSA) is 114 Å². The minimum atomic E-state index is -5.34. The first kappa shape index (κ1) is 20.5. The summed E-state index contributed by atoms with van der Waals surface area (Å²) in [5.41, 5.74) is 4.75. The zero-order chi connectivity index (χ0) is 22.6. The van der Waals surface area contributed by atoms with E-state index in [1.165, 1.54) is 36.4 Å². The Kier molecular flexibility index (Phi) is 4.56. The summed E-state index contributed by atoms with van der Waals surface area (Å²) < 4.78 is 50.8. The van der Waals surface area contributed by atoms with Gasteiger partial charge in [0.1, 0.15) is 0 Å². The van der Waals surface area contributed by atoms with E-state index in [0.717, 1.165) is 6.92 Å². The number of amides is 1. The van der Waals surface area contributed by atoms with Crippen LogP contribution in [0.25, 0.3) is 0 Å². The molecule has 2 aromatic carbocycles. The summed E-state index contributed by atoms with van der Waals surface area (Å²) in [6.45, 7) is 0.963. The van der Waals surface area contributed by atoms with E-state index >= 15 is 0 Å². The van der Waals surface area contributed by atoms with E-state index in [4.69, 9.17) is 15.2 Å². The standard InChI is InChI=1S/C20H16F3N3O5/c1-19(18(28)29)8-11-6-14-15(31-9-30-14)7-13(11)16(10-2-4-12(24)5-3-10)25-26(19)17(27)20(21,22)23/h2-7H,8-9,24H2,1H3,(H,28,29). The highest BCUT2D eigenvalue weighted by atomic mass is 19.4. The largest absolute Gasteiger partial charge is 0.479 e. The van der Waals surface area contributed by atoms with Crippen LogP contribution in [0, 0.1) is 0 Å². The number of rotatable bonds is 2. The molecule has 2 aromatic rings. The second-order valence-corrected chi connectivity index (χ2v) is 7.30. The molecule has 31 heavy (non-hydrogen) atoms. The highest BCUT2D eigenvalue weighted by Gasteiger charge is 2.54. The van der Waals surface area contributed by atoms with E-state index in [-0.39, 0.29) is 17.5 Å². The molecule has 162 valence electrons. The highest BCUT2D eigenvalue weighted by Crippen LogP contribution is 2.40. The van der Waals surface area contributed by atoms with Gasteiger partial charge in [0.25, 0.3) is 0 Å². The first-order valence-electron chi connectivity index (χ1n) is 9.03. The Balaban J connectivity index is 2.01. The Morgan fingerprint density at radius 3 is 2.35 bits per heavy atom. The zero-order valence-corrected chi connectivity index (χ0v) is 16.1. The van der Waals surface area contributed by atoms with Gasteiger partial charge in [0.05, 0.1) is 5.71 Å². The van der Waals surface area contributed by atoms with Crippen molar-refractivity contribution in [2.45, 2.75) is 25.1 Å². The third-order valence-electron chi connectivity index (χ3n) is 5.14. The predicted molar refractivity (Wildman–Crippen MR) is 102 cm³/mol. The Bertz CT molecular complexity index is 1110. The number of hydrazone groups is 1. The normalized spacial score (nSPS) is 20.0. The molecular formula is C20H16F3N3O5. The molecule has 0 aromatic heterocycles. The number of carboxylic acid groups (broad SMARTS) is 1. The SMILES string of the molecule is CC1(C(=O)O)Cc2cc3c(cc2C(c2ccc(N)cc2)=NN1C(=O)C(F)(F)F)OCO3. The van der Waals surface area contributed by atoms with Crippen molar-refractivity contribution in [2.24, 2.45) is 5.10 Å². The van der Waals surface area contributed by atoms with Crippen LogP contribution in [0.5, 0.6) is 11.5 Å². The molecule has 0 bridgehead atoms. The summed E-state index contributed by atoms with van der Waals surface area (Å²) >= 11 is 0. The number of aliphatic carboxylic acids is 1. The summed E-state index contributed by atoms with van der Waals surface area (Å²) in [4.78, 5) is 24.3. The summed E-state index contributed by atoms with van der Waals surface area (Å²) in [5.74, 6) is -3.39. The number of fused-ring (bicyclic) bond motifs is 2. The van der Waals surface area contributed by atoms with Crippen LogP contribution in [0.2, 0.25) is 0 Å². The number of hydrogen-bond donors (Lipinski definition) is 2. The summed E-state index contributed by atoms with van der Waals surface area (Å²) in [5, 5.41) is 13.8. The van der Waals surface area contributed by atoms with Crippen molar-refractivity contribution in [1.29, 1.82) is 0 Å². The Morgan fingerprint density at radius 2 is 1.77 bits per heavy atom. The summed E-state index contributed by atoms with van der Waals surface area (Å²) in [6.07, 6.45) is -5.78. The van der Waals surface area contributed by atoms with Crippen molar-refractivity contribution in [3.05, 3.63) is 53.1 Å². The van der Waals surface area contributed by atoms with E-state index in [1.54, 1.807) is 0 Å². The lowest BCUT2D eigenvalue weighted by atomic mass is 9.88. The number of nitrogen functional groups attached to an aromatic ring is 1. The lowest BCUT2D eigenvalue weighted by Crippen LogP contribution is -2.57. The van der Waals surface area contributed by atoms with Gasteiger partial charge < -0.3 is 20.3 Å². The molecule has 2 aliphatic heterocycles. The van der Waals surface area contributed by atoms with Crippen LogP contribution in [0.3, 0.4) is 0 Å². The number of hydrogen-bond acceptors (Lipinski definition) is 6. The van der Waals surface area contributed by atoms with Crippen molar-refractivity contribution in [3.8, 4) is 11.5 Å². The van der Waals surface area contributed by atoms with Crippen LogP contribution >= 0.6 is 0 Å². The maximum atomic E-state index is 13.4. The van der Waals surface area contributed by atoms with Crippen LogP contribution < -0.4 is 15.2 Å². The lowest BCUT2D eigenvalue weighted by Gasteiger charge is -2.33. The molecule has 11 heteroatoms. The molecule has 8 nitrogen and oxygen atoms in total. The molecule has 4 rings (SSSR count). The molecule has 2 aliphatic rings.